The zero-order valence-electron chi connectivity index (χ0n) is 22.3. The number of ether oxygens (including phenoxy) is 2. The number of primary amides is 1. The maximum absolute atomic E-state index is 11.3. The van der Waals surface area contributed by atoms with Crippen LogP contribution in [0.15, 0.2) is 58.2 Å². The van der Waals surface area contributed by atoms with Gasteiger partial charge in [0, 0.05) is 18.4 Å². The Kier molecular flexibility index (Phi) is 6.57. The predicted octanol–water partition coefficient (Wildman–Crippen LogP) is 1.16. The number of hydrogen-bond donors (Lipinski definition) is 4. The first-order chi connectivity index (χ1) is 20.4. The first-order valence-corrected chi connectivity index (χ1v) is 13.6. The second-order valence-corrected chi connectivity index (χ2v) is 10.6. The van der Waals surface area contributed by atoms with E-state index >= 15 is 0 Å². The van der Waals surface area contributed by atoms with E-state index in [4.69, 9.17) is 30.2 Å². The average Bonchev–Trinajstić information content (AvgIpc) is 3.81. The molecule has 5 N–H and O–H groups in total. The molecule has 7 rings (SSSR count). The van der Waals surface area contributed by atoms with Crippen LogP contribution in [0.25, 0.3) is 22.1 Å². The van der Waals surface area contributed by atoms with E-state index in [1.807, 2.05) is 36.4 Å². The van der Waals surface area contributed by atoms with Crippen molar-refractivity contribution in [2.75, 3.05) is 18.5 Å². The minimum absolute atomic E-state index is 0.00130. The van der Waals surface area contributed by atoms with Crippen molar-refractivity contribution < 1.29 is 24.5 Å². The fraction of sp³-hybridized carbons (Fsp3) is 0.407. The maximum Gasteiger partial charge on any atom is 0.221 e. The van der Waals surface area contributed by atoms with Crippen LogP contribution >= 0.6 is 0 Å². The summed E-state index contributed by atoms with van der Waals surface area (Å²) in [5.74, 6) is 0.128. The molecule has 15 heteroatoms. The van der Waals surface area contributed by atoms with Gasteiger partial charge in [-0.25, -0.2) is 19.9 Å². The number of para-hydroxylation sites is 1. The molecular weight excluding hydrogens is 544 g/mol. The fourth-order valence-electron chi connectivity index (χ4n) is 5.54. The molecule has 4 aromatic rings. The highest BCUT2D eigenvalue weighted by atomic mass is 16.6. The number of aromatic nitrogens is 5. The van der Waals surface area contributed by atoms with Gasteiger partial charge in [-0.1, -0.05) is 24.3 Å². The molecule has 216 valence electrons. The van der Waals surface area contributed by atoms with Gasteiger partial charge in [0.2, 0.25) is 11.4 Å². The Morgan fingerprint density at radius 1 is 1.14 bits per heavy atom. The summed E-state index contributed by atoms with van der Waals surface area (Å²) in [5.41, 5.74) is 5.97. The highest BCUT2D eigenvalue weighted by molar-refractivity contribution is 5.86. The number of aliphatic hydroxyl groups excluding tert-OH is 2. The van der Waals surface area contributed by atoms with Gasteiger partial charge in [-0.2, -0.15) is 0 Å². The summed E-state index contributed by atoms with van der Waals surface area (Å²) >= 11 is 0. The Hall–Kier alpha value is -4.44. The molecule has 0 spiro atoms. The number of carbonyl (C=O) groups excluding carboxylic acids is 1. The van der Waals surface area contributed by atoms with Crippen LogP contribution in [0.4, 0.5) is 5.82 Å². The monoisotopic (exact) mass is 572 g/mol. The second kappa shape index (κ2) is 10.4. The number of carbonyl (C=O) groups is 1. The van der Waals surface area contributed by atoms with Gasteiger partial charge in [-0.3, -0.25) is 9.36 Å². The van der Waals surface area contributed by atoms with Crippen LogP contribution in [0.1, 0.15) is 37.0 Å². The first-order valence-electron chi connectivity index (χ1n) is 13.6. The van der Waals surface area contributed by atoms with E-state index in [2.05, 4.69) is 25.7 Å². The highest BCUT2D eigenvalue weighted by Crippen LogP contribution is 2.38. The number of hydrogen-bond acceptors (Lipinski definition) is 13. The third kappa shape index (κ3) is 4.46. The molecule has 0 bridgehead atoms. The van der Waals surface area contributed by atoms with Crippen molar-refractivity contribution in [3.63, 3.8) is 0 Å². The molecule has 6 atom stereocenters. The lowest BCUT2D eigenvalue weighted by atomic mass is 9.95. The summed E-state index contributed by atoms with van der Waals surface area (Å²) < 4.78 is 13.1. The maximum atomic E-state index is 11.3. The molecule has 42 heavy (non-hydrogen) atoms. The predicted molar refractivity (Wildman–Crippen MR) is 148 cm³/mol. The molecule has 0 radical (unpaired) electrons. The normalized spacial score (nSPS) is 28.8. The van der Waals surface area contributed by atoms with E-state index in [1.54, 1.807) is 10.8 Å². The molecule has 2 fully saturated rings. The smallest absolute Gasteiger partial charge is 0.221 e. The molecule has 6 heterocycles. The first kappa shape index (κ1) is 26.5. The largest absolute Gasteiger partial charge is 0.388 e. The van der Waals surface area contributed by atoms with Crippen LogP contribution in [0.2, 0.25) is 0 Å². The number of nitrogens with two attached hydrogens (primary N) is 1. The Bertz CT molecular complexity index is 1710. The Balaban J connectivity index is 1.36. The Morgan fingerprint density at radius 3 is 2.81 bits per heavy atom. The average molecular weight is 573 g/mol. The molecule has 1 amide bonds. The van der Waals surface area contributed by atoms with E-state index in [0.29, 0.717) is 35.9 Å². The van der Waals surface area contributed by atoms with Crippen molar-refractivity contribution in [2.45, 2.75) is 55.4 Å². The number of amides is 1. The van der Waals surface area contributed by atoms with Crippen LogP contribution in [0.5, 0.6) is 0 Å². The minimum atomic E-state index is -1.34. The third-order valence-electron chi connectivity index (χ3n) is 7.81. The van der Waals surface area contributed by atoms with E-state index in [0.717, 1.165) is 17.3 Å². The summed E-state index contributed by atoms with van der Waals surface area (Å²) in [6.07, 6.45) is -0.470. The van der Waals surface area contributed by atoms with Gasteiger partial charge in [0.1, 0.15) is 12.2 Å². The van der Waals surface area contributed by atoms with Crippen molar-refractivity contribution in [3.8, 4) is 0 Å². The summed E-state index contributed by atoms with van der Waals surface area (Å²) in [5, 5.41) is 38.4. The summed E-state index contributed by atoms with van der Waals surface area (Å²) in [6.45, 7) is 1.12. The number of pyridine rings is 1. The standard InChI is InChI=1S/C27H28N10O5/c28-19(38)8-6-17-21(39)22(40)25(42-17)37-13-29-20-23(31-15-9-10-41-11-15)33-26(34-24(20)37)27(12-30-36-35-27)18-7-5-14-3-1-2-4-16(14)32-18/h1-5,7,12-13,15,17,21-22,25,39-40H,6,8-11H2,(H2,28,38)(H,31,33,34)/t15-,17+,21-,22+,25+,27?/m1/s1. The number of nitrogens with zero attached hydrogens (tertiary/aromatic N) is 8. The lowest BCUT2D eigenvalue weighted by Crippen LogP contribution is -2.32. The molecule has 2 saturated heterocycles. The van der Waals surface area contributed by atoms with Crippen molar-refractivity contribution in [2.24, 2.45) is 21.2 Å². The van der Waals surface area contributed by atoms with Crippen LogP contribution < -0.4 is 11.1 Å². The number of fused-ring (bicyclic) bond motifs is 2. The number of imidazole rings is 1. The zero-order chi connectivity index (χ0) is 28.8. The zero-order valence-corrected chi connectivity index (χ0v) is 22.3. The second-order valence-electron chi connectivity index (χ2n) is 10.6. The molecule has 1 aromatic carbocycles. The fourth-order valence-corrected chi connectivity index (χ4v) is 5.54. The quantitative estimate of drug-likeness (QED) is 0.237. The number of benzene rings is 1. The molecule has 3 aliphatic rings. The lowest BCUT2D eigenvalue weighted by molar-refractivity contribution is -0.119. The minimum Gasteiger partial charge on any atom is -0.388 e. The van der Waals surface area contributed by atoms with Crippen LogP contribution in [0.3, 0.4) is 0 Å². The van der Waals surface area contributed by atoms with Gasteiger partial charge >= 0.3 is 0 Å². The molecular formula is C27H28N10O5. The highest BCUT2D eigenvalue weighted by Gasteiger charge is 2.45. The summed E-state index contributed by atoms with van der Waals surface area (Å²) in [7, 11) is 0. The van der Waals surface area contributed by atoms with Crippen LogP contribution in [-0.4, -0.2) is 84.4 Å². The molecule has 0 aliphatic carbocycles. The van der Waals surface area contributed by atoms with E-state index < -0.39 is 36.0 Å². The van der Waals surface area contributed by atoms with E-state index in [9.17, 15) is 15.0 Å². The summed E-state index contributed by atoms with van der Waals surface area (Å²) in [6, 6.07) is 11.5. The SMILES string of the molecule is NC(=O)CC[C@@H]1O[C@H](n2cnc3c(N[C@@H]4CCOC4)nc(C4(c5ccc6ccccc6n5)C=NN=N4)nc32)[C@@H](O)[C@@H]1O. The Morgan fingerprint density at radius 2 is 2.02 bits per heavy atom. The summed E-state index contributed by atoms with van der Waals surface area (Å²) in [4.78, 5) is 30.5. The van der Waals surface area contributed by atoms with Gasteiger partial charge in [-0.15, -0.1) is 10.2 Å². The molecule has 3 aliphatic heterocycles. The number of rotatable bonds is 8. The Labute approximate surface area is 238 Å². The van der Waals surface area contributed by atoms with Crippen molar-refractivity contribution >= 4 is 40.0 Å². The molecule has 15 nitrogen and oxygen atoms in total. The van der Waals surface area contributed by atoms with E-state index in [-0.39, 0.29) is 24.7 Å². The molecule has 1 unspecified atom stereocenters. The van der Waals surface area contributed by atoms with Crippen LogP contribution in [0, 0.1) is 0 Å². The number of nitrogens with one attached hydrogen (secondary N) is 1. The lowest BCUT2D eigenvalue weighted by Gasteiger charge is -2.22. The topological polar surface area (TPSA) is 208 Å². The van der Waals surface area contributed by atoms with Gasteiger partial charge in [-0.05, 0) is 30.2 Å². The number of anilines is 1. The van der Waals surface area contributed by atoms with Crippen molar-refractivity contribution in [1.29, 1.82) is 0 Å². The number of aliphatic hydroxyl groups is 2. The van der Waals surface area contributed by atoms with Crippen molar-refractivity contribution in [1.82, 2.24) is 24.5 Å². The van der Waals surface area contributed by atoms with Crippen LogP contribution in [-0.2, 0) is 19.8 Å². The van der Waals surface area contributed by atoms with Gasteiger partial charge in [0.25, 0.3) is 0 Å². The molecule has 0 saturated carbocycles. The van der Waals surface area contributed by atoms with Gasteiger partial charge < -0.3 is 30.7 Å². The third-order valence-corrected chi connectivity index (χ3v) is 7.81. The van der Waals surface area contributed by atoms with Crippen molar-refractivity contribution in [3.05, 3.63) is 54.2 Å². The van der Waals surface area contributed by atoms with E-state index in [1.165, 1.54) is 6.33 Å². The van der Waals surface area contributed by atoms with Gasteiger partial charge in [0.05, 0.1) is 42.5 Å². The molecule has 3 aromatic heterocycles. The van der Waals surface area contributed by atoms with Gasteiger partial charge in [0.15, 0.2) is 29.0 Å².